The van der Waals surface area contributed by atoms with E-state index in [1.807, 2.05) is 0 Å². The first kappa shape index (κ1) is 18.9. The molecule has 0 bridgehead atoms. The van der Waals surface area contributed by atoms with Gasteiger partial charge in [0.05, 0.1) is 17.2 Å². The molecular weight excluding hydrogens is 356 g/mol. The average molecular weight is 381 g/mol. The number of hydrogen-bond donors (Lipinski definition) is 3. The van der Waals surface area contributed by atoms with Crippen LogP contribution in [0.4, 0.5) is 10.5 Å². The summed E-state index contributed by atoms with van der Waals surface area (Å²) in [6.45, 7) is 4.14. The normalized spacial score (nSPS) is 19.3. The lowest BCUT2D eigenvalue weighted by Crippen LogP contribution is -2.47. The topological polar surface area (TPSA) is 82.7 Å². The fourth-order valence-corrected chi connectivity index (χ4v) is 3.77. The maximum Gasteiger partial charge on any atom is 0.321 e. The first-order chi connectivity index (χ1) is 12.5. The minimum absolute atomic E-state index is 0.0609. The van der Waals surface area contributed by atoms with Crippen LogP contribution < -0.4 is 20.9 Å². The molecule has 2 heterocycles. The van der Waals surface area contributed by atoms with E-state index in [0.717, 1.165) is 25.9 Å². The molecule has 3 amide bonds. The Morgan fingerprint density at radius 1 is 1.35 bits per heavy atom. The van der Waals surface area contributed by atoms with Crippen molar-refractivity contribution in [2.75, 3.05) is 51.3 Å². The van der Waals surface area contributed by atoms with Crippen molar-refractivity contribution >= 4 is 29.2 Å². The van der Waals surface area contributed by atoms with Crippen molar-refractivity contribution in [3.8, 4) is 0 Å². The fourth-order valence-electron chi connectivity index (χ4n) is 3.57. The zero-order valence-electron chi connectivity index (χ0n) is 14.9. The minimum Gasteiger partial charge on any atom is -0.384 e. The molecule has 142 valence electrons. The van der Waals surface area contributed by atoms with E-state index in [2.05, 4.69) is 16.0 Å². The number of carbonyl (C=O) groups is 2. The smallest absolute Gasteiger partial charge is 0.321 e. The van der Waals surface area contributed by atoms with E-state index in [1.165, 1.54) is 0 Å². The van der Waals surface area contributed by atoms with Gasteiger partial charge in [0.1, 0.15) is 0 Å². The Hall–Kier alpha value is -1.83. The Morgan fingerprint density at radius 3 is 2.77 bits per heavy atom. The van der Waals surface area contributed by atoms with Crippen molar-refractivity contribution in [1.82, 2.24) is 16.0 Å². The lowest BCUT2D eigenvalue weighted by molar-refractivity contribution is 0.0512. The van der Waals surface area contributed by atoms with Gasteiger partial charge in [-0.2, -0.15) is 0 Å². The summed E-state index contributed by atoms with van der Waals surface area (Å²) >= 11 is 6.24. The van der Waals surface area contributed by atoms with E-state index in [9.17, 15) is 9.59 Å². The molecular formula is C18H25ClN4O3. The molecule has 1 aromatic carbocycles. The quantitative estimate of drug-likeness (QED) is 0.700. The summed E-state index contributed by atoms with van der Waals surface area (Å²) in [5, 5.41) is 9.47. The molecule has 0 saturated carbocycles. The number of ether oxygens (including phenoxy) is 1. The van der Waals surface area contributed by atoms with Crippen molar-refractivity contribution in [1.29, 1.82) is 0 Å². The number of nitrogens with one attached hydrogen (secondary N) is 3. The van der Waals surface area contributed by atoms with Gasteiger partial charge >= 0.3 is 6.03 Å². The van der Waals surface area contributed by atoms with Crippen LogP contribution in [0.3, 0.4) is 0 Å². The first-order valence-electron chi connectivity index (χ1n) is 8.87. The van der Waals surface area contributed by atoms with E-state index in [4.69, 9.17) is 16.3 Å². The van der Waals surface area contributed by atoms with Gasteiger partial charge < -0.3 is 20.7 Å². The van der Waals surface area contributed by atoms with Crippen LogP contribution in [0.25, 0.3) is 0 Å². The molecule has 8 heteroatoms. The molecule has 0 atom stereocenters. The van der Waals surface area contributed by atoms with Gasteiger partial charge in [0.2, 0.25) is 0 Å². The molecule has 0 aromatic heterocycles. The number of halogens is 1. The first-order valence-corrected chi connectivity index (χ1v) is 9.25. The summed E-state index contributed by atoms with van der Waals surface area (Å²) in [4.78, 5) is 26.2. The Labute approximate surface area is 158 Å². The van der Waals surface area contributed by atoms with E-state index in [-0.39, 0.29) is 17.4 Å². The molecule has 2 aliphatic rings. The second-order valence-electron chi connectivity index (χ2n) is 6.91. The second kappa shape index (κ2) is 8.24. The second-order valence-corrected chi connectivity index (χ2v) is 7.32. The summed E-state index contributed by atoms with van der Waals surface area (Å²) in [6, 6.07) is 4.93. The Balaban J connectivity index is 1.71. The Bertz CT molecular complexity index is 671. The van der Waals surface area contributed by atoms with Gasteiger partial charge in [0.15, 0.2) is 0 Å². The number of nitrogens with zero attached hydrogens (tertiary/aromatic N) is 1. The van der Waals surface area contributed by atoms with E-state index in [1.54, 1.807) is 30.2 Å². The third-order valence-electron chi connectivity index (χ3n) is 5.10. The van der Waals surface area contributed by atoms with Gasteiger partial charge in [0, 0.05) is 37.8 Å². The van der Waals surface area contributed by atoms with Crippen LogP contribution in [0.5, 0.6) is 0 Å². The average Bonchev–Trinajstić information content (AvgIpc) is 3.07. The molecule has 0 radical (unpaired) electrons. The SMILES string of the molecule is COCC1(CNC(=O)c2cc(N3CCNC3=O)ccc2Cl)CCNCC1. The van der Waals surface area contributed by atoms with E-state index >= 15 is 0 Å². The predicted molar refractivity (Wildman–Crippen MR) is 101 cm³/mol. The minimum atomic E-state index is -0.231. The highest BCUT2D eigenvalue weighted by Crippen LogP contribution is 2.29. The molecule has 2 saturated heterocycles. The number of methoxy groups -OCH3 is 1. The maximum atomic E-state index is 12.7. The van der Waals surface area contributed by atoms with Crippen molar-refractivity contribution < 1.29 is 14.3 Å². The van der Waals surface area contributed by atoms with Crippen LogP contribution in [0.1, 0.15) is 23.2 Å². The third-order valence-corrected chi connectivity index (χ3v) is 5.43. The van der Waals surface area contributed by atoms with Gasteiger partial charge in [0.25, 0.3) is 5.91 Å². The lowest BCUT2D eigenvalue weighted by atomic mass is 9.79. The Kier molecular flexibility index (Phi) is 6.01. The monoisotopic (exact) mass is 380 g/mol. The van der Waals surface area contributed by atoms with Gasteiger partial charge in [-0.05, 0) is 44.1 Å². The molecule has 2 fully saturated rings. The van der Waals surface area contributed by atoms with Crippen LogP contribution in [-0.2, 0) is 4.74 Å². The molecule has 0 aliphatic carbocycles. The predicted octanol–water partition coefficient (Wildman–Crippen LogP) is 1.62. The zero-order valence-corrected chi connectivity index (χ0v) is 15.7. The summed E-state index contributed by atoms with van der Waals surface area (Å²) < 4.78 is 5.39. The van der Waals surface area contributed by atoms with E-state index < -0.39 is 0 Å². The Morgan fingerprint density at radius 2 is 2.12 bits per heavy atom. The highest BCUT2D eigenvalue weighted by atomic mass is 35.5. The lowest BCUT2D eigenvalue weighted by Gasteiger charge is -2.37. The third kappa shape index (κ3) is 4.11. The molecule has 7 nitrogen and oxygen atoms in total. The van der Waals surface area contributed by atoms with Crippen LogP contribution in [0.2, 0.25) is 5.02 Å². The van der Waals surface area contributed by atoms with Gasteiger partial charge in [-0.3, -0.25) is 9.69 Å². The number of benzene rings is 1. The molecule has 3 rings (SSSR count). The van der Waals surface area contributed by atoms with Crippen molar-refractivity contribution in [2.24, 2.45) is 5.41 Å². The largest absolute Gasteiger partial charge is 0.384 e. The number of piperidine rings is 1. The fraction of sp³-hybridized carbons (Fsp3) is 0.556. The molecule has 26 heavy (non-hydrogen) atoms. The standard InChI is InChI=1S/C18H25ClN4O3/c1-26-12-18(4-6-20-7-5-18)11-22-16(24)14-10-13(2-3-15(14)19)23-9-8-21-17(23)25/h2-3,10,20H,4-9,11-12H2,1H3,(H,21,25)(H,22,24). The molecule has 0 spiro atoms. The van der Waals surface area contributed by atoms with Crippen molar-refractivity contribution in [2.45, 2.75) is 12.8 Å². The molecule has 1 aromatic rings. The maximum absolute atomic E-state index is 12.7. The van der Waals surface area contributed by atoms with Crippen molar-refractivity contribution in [3.63, 3.8) is 0 Å². The number of carbonyl (C=O) groups excluding carboxylic acids is 2. The van der Waals surface area contributed by atoms with Crippen LogP contribution in [-0.4, -0.2) is 58.4 Å². The van der Waals surface area contributed by atoms with Crippen LogP contribution in [0, 0.1) is 5.41 Å². The molecule has 0 unspecified atom stereocenters. The summed E-state index contributed by atoms with van der Waals surface area (Å²) in [5.74, 6) is -0.231. The van der Waals surface area contributed by atoms with Gasteiger partial charge in [-0.1, -0.05) is 11.6 Å². The van der Waals surface area contributed by atoms with Crippen molar-refractivity contribution in [3.05, 3.63) is 28.8 Å². The summed E-state index contributed by atoms with van der Waals surface area (Å²) in [6.07, 6.45) is 1.89. The highest BCUT2D eigenvalue weighted by molar-refractivity contribution is 6.34. The molecule has 3 N–H and O–H groups in total. The van der Waals surface area contributed by atoms with Crippen LogP contribution in [0.15, 0.2) is 18.2 Å². The number of anilines is 1. The number of urea groups is 1. The number of rotatable bonds is 6. The van der Waals surface area contributed by atoms with Gasteiger partial charge in [-0.25, -0.2) is 4.79 Å². The van der Waals surface area contributed by atoms with Gasteiger partial charge in [-0.15, -0.1) is 0 Å². The van der Waals surface area contributed by atoms with Crippen LogP contribution >= 0.6 is 11.6 Å². The zero-order chi connectivity index (χ0) is 18.6. The summed E-state index contributed by atoms with van der Waals surface area (Å²) in [7, 11) is 1.69. The van der Waals surface area contributed by atoms with E-state index in [0.29, 0.717) is 42.5 Å². The number of hydrogen-bond acceptors (Lipinski definition) is 4. The highest BCUT2D eigenvalue weighted by Gasteiger charge is 2.33. The molecule has 2 aliphatic heterocycles. The number of amides is 3. The summed E-state index contributed by atoms with van der Waals surface area (Å²) in [5.41, 5.74) is 0.989.